The SMILES string of the molecule is CCc1ccc(C)c(N2CCN(CCC3CCC(C)CC3)CC2)c1. The molecule has 1 heterocycles. The minimum Gasteiger partial charge on any atom is -0.369 e. The van der Waals surface area contributed by atoms with Gasteiger partial charge in [-0.2, -0.15) is 0 Å². The van der Waals surface area contributed by atoms with Crippen LogP contribution in [0.4, 0.5) is 5.69 Å². The van der Waals surface area contributed by atoms with E-state index in [1.165, 1.54) is 81.6 Å². The Balaban J connectivity index is 1.46. The second kappa shape index (κ2) is 8.38. The molecule has 1 aromatic carbocycles. The van der Waals surface area contributed by atoms with Crippen molar-refractivity contribution in [3.8, 4) is 0 Å². The zero-order valence-electron chi connectivity index (χ0n) is 16.1. The summed E-state index contributed by atoms with van der Waals surface area (Å²) in [6.45, 7) is 13.1. The summed E-state index contributed by atoms with van der Waals surface area (Å²) in [6.07, 6.45) is 8.44. The van der Waals surface area contributed by atoms with E-state index < -0.39 is 0 Å². The summed E-state index contributed by atoms with van der Waals surface area (Å²) in [6, 6.07) is 6.99. The summed E-state index contributed by atoms with van der Waals surface area (Å²) in [5, 5.41) is 0. The Hall–Kier alpha value is -1.02. The van der Waals surface area contributed by atoms with Crippen molar-refractivity contribution in [1.29, 1.82) is 0 Å². The van der Waals surface area contributed by atoms with Crippen LogP contribution in [0.25, 0.3) is 0 Å². The van der Waals surface area contributed by atoms with Gasteiger partial charge in [0.25, 0.3) is 0 Å². The van der Waals surface area contributed by atoms with Crippen molar-refractivity contribution < 1.29 is 0 Å². The fraction of sp³-hybridized carbons (Fsp3) is 0.727. The summed E-state index contributed by atoms with van der Waals surface area (Å²) in [5.74, 6) is 1.98. The molecule has 1 aromatic rings. The lowest BCUT2D eigenvalue weighted by Crippen LogP contribution is -2.47. The molecule has 1 saturated carbocycles. The van der Waals surface area contributed by atoms with Crippen LogP contribution in [0.5, 0.6) is 0 Å². The number of rotatable bonds is 5. The van der Waals surface area contributed by atoms with Gasteiger partial charge in [0.1, 0.15) is 0 Å². The number of hydrogen-bond donors (Lipinski definition) is 0. The fourth-order valence-electron chi connectivity index (χ4n) is 4.41. The van der Waals surface area contributed by atoms with Crippen LogP contribution in [-0.4, -0.2) is 37.6 Å². The topological polar surface area (TPSA) is 6.48 Å². The first-order valence-electron chi connectivity index (χ1n) is 10.2. The molecule has 0 N–H and O–H groups in total. The molecule has 0 spiro atoms. The molecular weight excluding hydrogens is 292 g/mol. The molecule has 2 heteroatoms. The van der Waals surface area contributed by atoms with E-state index in [-0.39, 0.29) is 0 Å². The van der Waals surface area contributed by atoms with Crippen LogP contribution in [0.2, 0.25) is 0 Å². The van der Waals surface area contributed by atoms with Gasteiger partial charge in [-0.15, -0.1) is 0 Å². The third-order valence-corrected chi connectivity index (χ3v) is 6.38. The summed E-state index contributed by atoms with van der Waals surface area (Å²) in [4.78, 5) is 5.31. The number of piperazine rings is 1. The number of anilines is 1. The van der Waals surface area contributed by atoms with Crippen LogP contribution in [0.1, 0.15) is 57.1 Å². The zero-order chi connectivity index (χ0) is 16.9. The molecule has 1 aliphatic heterocycles. The van der Waals surface area contributed by atoms with Gasteiger partial charge in [-0.1, -0.05) is 51.7 Å². The number of aryl methyl sites for hydroxylation is 2. The van der Waals surface area contributed by atoms with Crippen LogP contribution >= 0.6 is 0 Å². The predicted octanol–water partition coefficient (Wildman–Crippen LogP) is 4.90. The molecule has 1 aliphatic carbocycles. The highest BCUT2D eigenvalue weighted by Crippen LogP contribution is 2.30. The fourth-order valence-corrected chi connectivity index (χ4v) is 4.41. The van der Waals surface area contributed by atoms with Crippen molar-refractivity contribution in [2.24, 2.45) is 11.8 Å². The van der Waals surface area contributed by atoms with Crippen LogP contribution in [0.3, 0.4) is 0 Å². The highest BCUT2D eigenvalue weighted by atomic mass is 15.3. The third kappa shape index (κ3) is 4.53. The lowest BCUT2D eigenvalue weighted by atomic mass is 9.81. The summed E-state index contributed by atoms with van der Waals surface area (Å²) in [7, 11) is 0. The van der Waals surface area contributed by atoms with Crippen molar-refractivity contribution >= 4 is 5.69 Å². The van der Waals surface area contributed by atoms with Crippen molar-refractivity contribution in [3.63, 3.8) is 0 Å². The first-order chi connectivity index (χ1) is 11.7. The molecule has 0 atom stereocenters. The number of benzene rings is 1. The molecule has 2 nitrogen and oxygen atoms in total. The molecule has 134 valence electrons. The van der Waals surface area contributed by atoms with Gasteiger partial charge in [0.05, 0.1) is 0 Å². The zero-order valence-corrected chi connectivity index (χ0v) is 16.1. The molecule has 24 heavy (non-hydrogen) atoms. The standard InChI is InChI=1S/C22H36N2/c1-4-20-10-7-19(3)22(17-20)24-15-13-23(14-16-24)12-11-21-8-5-18(2)6-9-21/h7,10,17-18,21H,4-6,8-9,11-16H2,1-3H3. The van der Waals surface area contributed by atoms with E-state index in [9.17, 15) is 0 Å². The van der Waals surface area contributed by atoms with Gasteiger partial charge in [-0.25, -0.2) is 0 Å². The molecular formula is C22H36N2. The maximum Gasteiger partial charge on any atom is 0.0399 e. The van der Waals surface area contributed by atoms with E-state index in [4.69, 9.17) is 0 Å². The van der Waals surface area contributed by atoms with E-state index in [0.29, 0.717) is 0 Å². The van der Waals surface area contributed by atoms with Gasteiger partial charge in [0.15, 0.2) is 0 Å². The van der Waals surface area contributed by atoms with Gasteiger partial charge < -0.3 is 4.90 Å². The Labute approximate surface area is 149 Å². The minimum absolute atomic E-state index is 0.979. The van der Waals surface area contributed by atoms with Gasteiger partial charge in [-0.3, -0.25) is 4.90 Å². The average molecular weight is 329 g/mol. The van der Waals surface area contributed by atoms with Gasteiger partial charge in [0.2, 0.25) is 0 Å². The maximum absolute atomic E-state index is 2.70. The average Bonchev–Trinajstić information content (AvgIpc) is 2.62. The number of nitrogens with zero attached hydrogens (tertiary/aromatic N) is 2. The first kappa shape index (κ1) is 17.8. The Morgan fingerprint density at radius 2 is 1.71 bits per heavy atom. The maximum atomic E-state index is 2.70. The third-order valence-electron chi connectivity index (χ3n) is 6.38. The van der Waals surface area contributed by atoms with Crippen LogP contribution in [0.15, 0.2) is 18.2 Å². The largest absolute Gasteiger partial charge is 0.369 e. The van der Waals surface area contributed by atoms with E-state index in [0.717, 1.165) is 18.3 Å². The lowest BCUT2D eigenvalue weighted by molar-refractivity contribution is 0.208. The van der Waals surface area contributed by atoms with E-state index in [1.807, 2.05) is 0 Å². The normalized spacial score (nSPS) is 25.9. The second-order valence-electron chi connectivity index (χ2n) is 8.22. The Morgan fingerprint density at radius 3 is 2.38 bits per heavy atom. The molecule has 0 unspecified atom stereocenters. The highest BCUT2D eigenvalue weighted by Gasteiger charge is 2.22. The van der Waals surface area contributed by atoms with Crippen LogP contribution in [0, 0.1) is 18.8 Å². The van der Waals surface area contributed by atoms with Crippen molar-refractivity contribution in [2.75, 3.05) is 37.6 Å². The summed E-state index contributed by atoms with van der Waals surface area (Å²) < 4.78 is 0. The van der Waals surface area contributed by atoms with Gasteiger partial charge in [-0.05, 0) is 55.3 Å². The van der Waals surface area contributed by atoms with Crippen LogP contribution in [-0.2, 0) is 6.42 Å². The van der Waals surface area contributed by atoms with Gasteiger partial charge in [0, 0.05) is 31.9 Å². The molecule has 0 aromatic heterocycles. The molecule has 2 fully saturated rings. The summed E-state index contributed by atoms with van der Waals surface area (Å²) in [5.41, 5.74) is 4.36. The first-order valence-corrected chi connectivity index (χ1v) is 10.2. The molecule has 2 aliphatic rings. The second-order valence-corrected chi connectivity index (χ2v) is 8.22. The van der Waals surface area contributed by atoms with E-state index >= 15 is 0 Å². The van der Waals surface area contributed by atoms with Crippen molar-refractivity contribution in [3.05, 3.63) is 29.3 Å². The molecule has 0 radical (unpaired) electrons. The highest BCUT2D eigenvalue weighted by molar-refractivity contribution is 5.55. The van der Waals surface area contributed by atoms with Crippen molar-refractivity contribution in [1.82, 2.24) is 4.90 Å². The quantitative estimate of drug-likeness (QED) is 0.759. The van der Waals surface area contributed by atoms with Crippen molar-refractivity contribution in [2.45, 2.75) is 59.3 Å². The Kier molecular flexibility index (Phi) is 6.21. The smallest absolute Gasteiger partial charge is 0.0399 e. The molecule has 3 rings (SSSR count). The molecule has 1 saturated heterocycles. The number of hydrogen-bond acceptors (Lipinski definition) is 2. The van der Waals surface area contributed by atoms with Crippen LogP contribution < -0.4 is 4.90 Å². The molecule has 0 bridgehead atoms. The lowest BCUT2D eigenvalue weighted by Gasteiger charge is -2.38. The minimum atomic E-state index is 0.979. The van der Waals surface area contributed by atoms with Gasteiger partial charge >= 0.3 is 0 Å². The predicted molar refractivity (Wildman–Crippen MR) is 105 cm³/mol. The summed E-state index contributed by atoms with van der Waals surface area (Å²) >= 11 is 0. The Bertz CT molecular complexity index is 509. The Morgan fingerprint density at radius 1 is 1.00 bits per heavy atom. The molecule has 0 amide bonds. The van der Waals surface area contributed by atoms with E-state index in [1.54, 1.807) is 0 Å². The van der Waals surface area contributed by atoms with E-state index in [2.05, 4.69) is 48.8 Å². The monoisotopic (exact) mass is 328 g/mol.